The first-order chi connectivity index (χ1) is 7.24. The third-order valence-electron chi connectivity index (χ3n) is 3.55. The van der Waals surface area contributed by atoms with Gasteiger partial charge in [-0.25, -0.2) is 4.52 Å². The molecule has 15 heavy (non-hydrogen) atoms. The van der Waals surface area contributed by atoms with Gasteiger partial charge in [-0.3, -0.25) is 0 Å². The van der Waals surface area contributed by atoms with Crippen LogP contribution in [0.15, 0.2) is 30.6 Å². The zero-order valence-electron chi connectivity index (χ0n) is 8.72. The fourth-order valence-electron chi connectivity index (χ4n) is 2.36. The van der Waals surface area contributed by atoms with Crippen molar-refractivity contribution in [3.05, 3.63) is 36.2 Å². The molecule has 0 amide bonds. The number of hydrogen-bond acceptors (Lipinski definition) is 2. The number of fused-ring (bicyclic) bond motifs is 1. The Hall–Kier alpha value is -1.35. The summed E-state index contributed by atoms with van der Waals surface area (Å²) in [6, 6.07) is 6.04. The second-order valence-electron chi connectivity index (χ2n) is 4.42. The lowest BCUT2D eigenvalue weighted by molar-refractivity contribution is 0.151. The van der Waals surface area contributed by atoms with Crippen LogP contribution in [0.5, 0.6) is 0 Å². The van der Waals surface area contributed by atoms with Crippen LogP contribution >= 0.6 is 0 Å². The summed E-state index contributed by atoms with van der Waals surface area (Å²) < 4.78 is 1.87. The minimum atomic E-state index is -0.286. The molecule has 3 rings (SSSR count). The van der Waals surface area contributed by atoms with Crippen molar-refractivity contribution >= 4 is 5.52 Å². The van der Waals surface area contributed by atoms with Crippen LogP contribution in [0.4, 0.5) is 0 Å². The number of pyridine rings is 1. The van der Waals surface area contributed by atoms with E-state index in [1.165, 1.54) is 5.56 Å². The normalized spacial score (nSPS) is 20.4. The molecule has 0 aromatic carbocycles. The zero-order valence-corrected chi connectivity index (χ0v) is 8.72. The highest BCUT2D eigenvalue weighted by atomic mass is 16.3. The largest absolute Gasteiger partial charge is 0.392 e. The molecule has 1 saturated carbocycles. The van der Waals surface area contributed by atoms with Crippen molar-refractivity contribution in [3.8, 4) is 0 Å². The average Bonchev–Trinajstić information content (AvgIpc) is 2.93. The molecule has 3 nitrogen and oxygen atoms in total. The van der Waals surface area contributed by atoms with E-state index in [-0.39, 0.29) is 11.5 Å². The molecule has 1 fully saturated rings. The maximum atomic E-state index is 9.84. The molecule has 0 radical (unpaired) electrons. The van der Waals surface area contributed by atoms with Crippen LogP contribution in [0.3, 0.4) is 0 Å². The zero-order chi connectivity index (χ0) is 10.5. The van der Waals surface area contributed by atoms with E-state index in [1.54, 1.807) is 0 Å². The molecule has 3 heteroatoms. The Kier molecular flexibility index (Phi) is 1.68. The molecular weight excluding hydrogens is 188 g/mol. The number of rotatable bonds is 2. The van der Waals surface area contributed by atoms with Crippen molar-refractivity contribution in [2.75, 3.05) is 0 Å². The number of aliphatic hydroxyl groups is 1. The molecule has 1 unspecified atom stereocenters. The van der Waals surface area contributed by atoms with Crippen LogP contribution in [0.2, 0.25) is 0 Å². The predicted octanol–water partition coefficient (Wildman–Crippen LogP) is 1.75. The van der Waals surface area contributed by atoms with E-state index in [0.29, 0.717) is 0 Å². The summed E-state index contributed by atoms with van der Waals surface area (Å²) in [6.07, 6.45) is 5.69. The maximum absolute atomic E-state index is 9.84. The lowest BCUT2D eigenvalue weighted by Crippen LogP contribution is -2.22. The van der Waals surface area contributed by atoms with E-state index in [9.17, 15) is 5.11 Å². The fraction of sp³-hybridized carbons (Fsp3) is 0.417. The SMILES string of the molecule is CC(O)C1(c2cnn3ccccc23)CC1. The molecule has 0 aliphatic heterocycles. The molecule has 1 N–H and O–H groups in total. The summed E-state index contributed by atoms with van der Waals surface area (Å²) in [5, 5.41) is 14.1. The molecule has 1 aliphatic carbocycles. The van der Waals surface area contributed by atoms with Gasteiger partial charge in [-0.05, 0) is 31.9 Å². The summed E-state index contributed by atoms with van der Waals surface area (Å²) in [5.41, 5.74) is 2.29. The lowest BCUT2D eigenvalue weighted by Gasteiger charge is -2.17. The second-order valence-corrected chi connectivity index (χ2v) is 4.42. The molecule has 2 aromatic rings. The summed E-state index contributed by atoms with van der Waals surface area (Å²) in [4.78, 5) is 0. The molecule has 2 aromatic heterocycles. The van der Waals surface area contributed by atoms with E-state index in [1.807, 2.05) is 36.0 Å². The Morgan fingerprint density at radius 1 is 1.47 bits per heavy atom. The number of nitrogens with zero attached hydrogens (tertiary/aromatic N) is 2. The van der Waals surface area contributed by atoms with Gasteiger partial charge in [-0.1, -0.05) is 6.07 Å². The standard InChI is InChI=1S/C12H14N2O/c1-9(15)12(5-6-12)10-8-13-14-7-3-2-4-11(10)14/h2-4,7-9,15H,5-6H2,1H3. The van der Waals surface area contributed by atoms with Crippen LogP contribution in [-0.4, -0.2) is 20.8 Å². The highest BCUT2D eigenvalue weighted by Gasteiger charge is 2.49. The molecule has 1 atom stereocenters. The Morgan fingerprint density at radius 3 is 2.93 bits per heavy atom. The topological polar surface area (TPSA) is 37.5 Å². The van der Waals surface area contributed by atoms with E-state index in [4.69, 9.17) is 0 Å². The Labute approximate surface area is 88.4 Å². The average molecular weight is 202 g/mol. The van der Waals surface area contributed by atoms with E-state index in [0.717, 1.165) is 18.4 Å². The highest BCUT2D eigenvalue weighted by molar-refractivity contribution is 5.59. The number of aromatic nitrogens is 2. The van der Waals surface area contributed by atoms with Crippen LogP contribution in [0.1, 0.15) is 25.3 Å². The van der Waals surface area contributed by atoms with Crippen molar-refractivity contribution in [1.82, 2.24) is 9.61 Å². The van der Waals surface area contributed by atoms with Crippen molar-refractivity contribution in [2.45, 2.75) is 31.3 Å². The molecule has 0 bridgehead atoms. The maximum Gasteiger partial charge on any atom is 0.0700 e. The van der Waals surface area contributed by atoms with E-state index in [2.05, 4.69) is 11.2 Å². The summed E-state index contributed by atoms with van der Waals surface area (Å²) in [7, 11) is 0. The highest BCUT2D eigenvalue weighted by Crippen LogP contribution is 2.52. The van der Waals surface area contributed by atoms with Gasteiger partial charge < -0.3 is 5.11 Å². The Morgan fingerprint density at radius 2 is 2.27 bits per heavy atom. The van der Waals surface area contributed by atoms with Gasteiger partial charge in [0.15, 0.2) is 0 Å². The summed E-state index contributed by atoms with van der Waals surface area (Å²) in [5.74, 6) is 0. The lowest BCUT2D eigenvalue weighted by atomic mass is 9.92. The summed E-state index contributed by atoms with van der Waals surface area (Å²) >= 11 is 0. The fourth-order valence-corrected chi connectivity index (χ4v) is 2.36. The van der Waals surface area contributed by atoms with Gasteiger partial charge in [0, 0.05) is 17.2 Å². The van der Waals surface area contributed by atoms with Gasteiger partial charge in [-0.15, -0.1) is 0 Å². The number of aliphatic hydroxyl groups excluding tert-OH is 1. The third-order valence-corrected chi connectivity index (χ3v) is 3.55. The Balaban J connectivity index is 2.20. The smallest absolute Gasteiger partial charge is 0.0700 e. The second kappa shape index (κ2) is 2.83. The Bertz CT molecular complexity index is 497. The summed E-state index contributed by atoms with van der Waals surface area (Å²) in [6.45, 7) is 1.87. The van der Waals surface area contributed by atoms with Crippen molar-refractivity contribution in [3.63, 3.8) is 0 Å². The predicted molar refractivity (Wildman–Crippen MR) is 57.8 cm³/mol. The van der Waals surface area contributed by atoms with E-state index >= 15 is 0 Å². The van der Waals surface area contributed by atoms with Crippen molar-refractivity contribution in [1.29, 1.82) is 0 Å². The molecule has 0 saturated heterocycles. The van der Waals surface area contributed by atoms with Crippen molar-refractivity contribution in [2.24, 2.45) is 0 Å². The molecule has 2 heterocycles. The minimum Gasteiger partial charge on any atom is -0.392 e. The molecule has 0 spiro atoms. The van der Waals surface area contributed by atoms with Gasteiger partial charge in [0.25, 0.3) is 0 Å². The van der Waals surface area contributed by atoms with Crippen LogP contribution in [0, 0.1) is 0 Å². The van der Waals surface area contributed by atoms with E-state index < -0.39 is 0 Å². The first-order valence-electron chi connectivity index (χ1n) is 5.35. The first kappa shape index (κ1) is 8.92. The van der Waals surface area contributed by atoms with Crippen LogP contribution in [0.25, 0.3) is 5.52 Å². The quantitative estimate of drug-likeness (QED) is 0.805. The van der Waals surface area contributed by atoms with Gasteiger partial charge in [0.1, 0.15) is 0 Å². The molecular formula is C12H14N2O. The number of hydrogen-bond donors (Lipinski definition) is 1. The van der Waals surface area contributed by atoms with Gasteiger partial charge in [0.2, 0.25) is 0 Å². The van der Waals surface area contributed by atoms with Crippen LogP contribution in [-0.2, 0) is 5.41 Å². The molecule has 78 valence electrons. The van der Waals surface area contributed by atoms with Gasteiger partial charge >= 0.3 is 0 Å². The van der Waals surface area contributed by atoms with Crippen LogP contribution < -0.4 is 0 Å². The van der Waals surface area contributed by atoms with Gasteiger partial charge in [0.05, 0.1) is 17.8 Å². The third kappa shape index (κ3) is 1.13. The minimum absolute atomic E-state index is 0.0247. The first-order valence-corrected chi connectivity index (χ1v) is 5.35. The van der Waals surface area contributed by atoms with Gasteiger partial charge in [-0.2, -0.15) is 5.10 Å². The monoisotopic (exact) mass is 202 g/mol. The molecule has 1 aliphatic rings. The van der Waals surface area contributed by atoms with Crippen molar-refractivity contribution < 1.29 is 5.11 Å².